The number of hydrogen-bond acceptors (Lipinski definition) is 3. The molecule has 8 aromatic rings. The van der Waals surface area contributed by atoms with Gasteiger partial charge in [0, 0.05) is 43.7 Å². The van der Waals surface area contributed by atoms with Crippen LogP contribution in [0.2, 0.25) is 0 Å². The van der Waals surface area contributed by atoms with E-state index in [4.69, 9.17) is 0 Å². The largest absolute Gasteiger partial charge is 0.416 e. The van der Waals surface area contributed by atoms with Crippen LogP contribution in [0.5, 0.6) is 0 Å². The number of nitrogens with zero attached hydrogens (tertiary/aromatic N) is 2. The number of alkyl halides is 3. The van der Waals surface area contributed by atoms with Gasteiger partial charge in [-0.3, -0.25) is 0 Å². The molecule has 55 heavy (non-hydrogen) atoms. The molecule has 260 valence electrons. The van der Waals surface area contributed by atoms with Gasteiger partial charge < -0.3 is 9.80 Å². The lowest BCUT2D eigenvalue weighted by Crippen LogP contribution is -2.60. The van der Waals surface area contributed by atoms with Gasteiger partial charge in [0.2, 0.25) is 0 Å². The van der Waals surface area contributed by atoms with E-state index >= 15 is 0 Å². The van der Waals surface area contributed by atoms with E-state index in [1.54, 1.807) is 12.1 Å². The summed E-state index contributed by atoms with van der Waals surface area (Å²) in [5.74, 6) is 0. The quantitative estimate of drug-likeness (QED) is 0.163. The number of hydrogen-bond donors (Lipinski definition) is 0. The zero-order chi connectivity index (χ0) is 36.6. The van der Waals surface area contributed by atoms with Crippen LogP contribution in [0.4, 0.5) is 47.3 Å². The molecule has 1 spiro atoms. The monoisotopic (exact) mass is 732 g/mol. The van der Waals surface area contributed by atoms with Crippen molar-refractivity contribution in [3.63, 3.8) is 0 Å². The first-order valence-electron chi connectivity index (χ1n) is 18.5. The Labute approximate surface area is 320 Å². The van der Waals surface area contributed by atoms with Gasteiger partial charge in [-0.15, -0.1) is 11.3 Å². The van der Waals surface area contributed by atoms with E-state index in [9.17, 15) is 13.2 Å². The van der Waals surface area contributed by atoms with Gasteiger partial charge in [-0.1, -0.05) is 115 Å². The average Bonchev–Trinajstić information content (AvgIpc) is 3.85. The second-order valence-electron chi connectivity index (χ2n) is 14.7. The molecule has 0 N–H and O–H groups in total. The molecule has 7 aromatic carbocycles. The highest BCUT2D eigenvalue weighted by Gasteiger charge is 2.56. The molecule has 1 aromatic heterocycles. The van der Waals surface area contributed by atoms with Crippen molar-refractivity contribution in [3.05, 3.63) is 197 Å². The molecular weight excluding hydrogens is 704 g/mol. The van der Waals surface area contributed by atoms with E-state index in [1.807, 2.05) is 17.4 Å². The predicted molar refractivity (Wildman–Crippen MR) is 220 cm³/mol. The van der Waals surface area contributed by atoms with Crippen molar-refractivity contribution in [2.75, 3.05) is 9.80 Å². The summed E-state index contributed by atoms with van der Waals surface area (Å²) >= 11 is 1.92. The Morgan fingerprint density at radius 2 is 1.02 bits per heavy atom. The second-order valence-corrected chi connectivity index (χ2v) is 15.7. The van der Waals surface area contributed by atoms with Gasteiger partial charge in [-0.25, -0.2) is 0 Å². The number of halogens is 3. The summed E-state index contributed by atoms with van der Waals surface area (Å²) in [5, 5.41) is 0. The lowest BCUT2D eigenvalue weighted by Gasteiger charge is -2.43. The smallest absolute Gasteiger partial charge is 0.311 e. The van der Waals surface area contributed by atoms with E-state index in [-0.39, 0.29) is 6.71 Å². The Hall–Kier alpha value is -6.31. The summed E-state index contributed by atoms with van der Waals surface area (Å²) in [5.41, 5.74) is 16.1. The first kappa shape index (κ1) is 31.1. The molecule has 2 aliphatic carbocycles. The van der Waals surface area contributed by atoms with Crippen molar-refractivity contribution >= 4 is 67.9 Å². The van der Waals surface area contributed by atoms with Gasteiger partial charge in [-0.05, 0) is 98.9 Å². The molecule has 0 saturated carbocycles. The molecule has 0 unspecified atom stereocenters. The first-order valence-corrected chi connectivity index (χ1v) is 19.3. The van der Waals surface area contributed by atoms with Crippen LogP contribution in [0.3, 0.4) is 0 Å². The normalized spacial score (nSPS) is 14.9. The fourth-order valence-electron chi connectivity index (χ4n) is 10.1. The maximum Gasteiger partial charge on any atom is 0.416 e. The lowest BCUT2D eigenvalue weighted by atomic mass is 9.36. The Balaban J connectivity index is 1.19. The molecule has 0 amide bonds. The van der Waals surface area contributed by atoms with Crippen molar-refractivity contribution in [1.82, 2.24) is 0 Å². The van der Waals surface area contributed by atoms with Crippen LogP contribution in [0.1, 0.15) is 27.1 Å². The summed E-state index contributed by atoms with van der Waals surface area (Å²) in [4.78, 5) is 5.91. The van der Waals surface area contributed by atoms with E-state index in [0.29, 0.717) is 5.69 Å². The van der Waals surface area contributed by atoms with Gasteiger partial charge in [-0.2, -0.15) is 13.2 Å². The van der Waals surface area contributed by atoms with Crippen molar-refractivity contribution in [2.24, 2.45) is 0 Å². The van der Waals surface area contributed by atoms with Crippen LogP contribution in [0, 0.1) is 0 Å². The third-order valence-electron chi connectivity index (χ3n) is 12.1. The topological polar surface area (TPSA) is 6.48 Å². The summed E-state index contributed by atoms with van der Waals surface area (Å²) in [6.07, 6.45) is -4.42. The highest BCUT2D eigenvalue weighted by atomic mass is 32.1. The molecule has 7 heteroatoms. The van der Waals surface area contributed by atoms with E-state index in [0.717, 1.165) is 33.7 Å². The molecule has 2 nitrogen and oxygen atoms in total. The van der Waals surface area contributed by atoms with Crippen LogP contribution in [0.15, 0.2) is 170 Å². The number of benzene rings is 7. The molecule has 0 atom stereocenters. The SMILES string of the molecule is FC(F)(F)c1ccc(N2c3ccccc3B3c4sc5c(c4N(c4ccccc4)c4cccc2c43)-c2ccccc2C52c3ccccc3-c3ccccc32)cc1. The Morgan fingerprint density at radius 3 is 1.69 bits per heavy atom. The zero-order valence-corrected chi connectivity index (χ0v) is 30.0. The third-order valence-corrected chi connectivity index (χ3v) is 13.4. The van der Waals surface area contributed by atoms with Crippen LogP contribution < -0.4 is 25.5 Å². The zero-order valence-electron chi connectivity index (χ0n) is 29.2. The fourth-order valence-corrected chi connectivity index (χ4v) is 11.7. The molecule has 2 aliphatic heterocycles. The number of para-hydroxylation sites is 2. The third kappa shape index (κ3) is 3.91. The molecule has 0 fully saturated rings. The molecule has 12 rings (SSSR count). The minimum Gasteiger partial charge on any atom is -0.311 e. The lowest BCUT2D eigenvalue weighted by molar-refractivity contribution is -0.137. The molecule has 0 bridgehead atoms. The highest BCUT2D eigenvalue weighted by Crippen LogP contribution is 2.66. The summed E-state index contributed by atoms with van der Waals surface area (Å²) in [7, 11) is 0. The highest BCUT2D eigenvalue weighted by molar-refractivity contribution is 7.30. The molecule has 4 aliphatic rings. The first-order chi connectivity index (χ1) is 27.0. The maximum atomic E-state index is 13.8. The standard InChI is InChI=1S/C48H28BF3N2S/c50-48(51,52)29-25-27-31(28-26-29)53-39-22-11-10-21-38(39)49-43-40(53)23-12-24-41(43)54(30-13-2-1-3-14-30)44-42-34-17-6-9-20-37(34)47(45(42)55-46(44)49)35-18-7-4-15-32(35)33-16-5-8-19-36(33)47/h1-28H. The molecule has 0 saturated heterocycles. The number of fused-ring (bicyclic) bond motifs is 15. The fraction of sp³-hybridized carbons (Fsp3) is 0.0417. The Kier molecular flexibility index (Phi) is 6.16. The Morgan fingerprint density at radius 1 is 0.491 bits per heavy atom. The Bertz CT molecular complexity index is 2850. The number of thiophene rings is 1. The summed E-state index contributed by atoms with van der Waals surface area (Å²) < 4.78 is 42.5. The van der Waals surface area contributed by atoms with Gasteiger partial charge in [0.25, 0.3) is 6.71 Å². The van der Waals surface area contributed by atoms with Crippen molar-refractivity contribution in [1.29, 1.82) is 0 Å². The average molecular weight is 733 g/mol. The van der Waals surface area contributed by atoms with Crippen molar-refractivity contribution in [2.45, 2.75) is 11.6 Å². The van der Waals surface area contributed by atoms with Crippen LogP contribution in [-0.2, 0) is 11.6 Å². The van der Waals surface area contributed by atoms with Crippen molar-refractivity contribution in [3.8, 4) is 22.3 Å². The van der Waals surface area contributed by atoms with Gasteiger partial charge >= 0.3 is 6.18 Å². The van der Waals surface area contributed by atoms with Gasteiger partial charge in [0.05, 0.1) is 16.7 Å². The summed E-state index contributed by atoms with van der Waals surface area (Å²) in [6.45, 7) is -0.102. The molecule has 3 heterocycles. The van der Waals surface area contributed by atoms with Crippen LogP contribution in [-0.4, -0.2) is 6.71 Å². The predicted octanol–water partition coefficient (Wildman–Crippen LogP) is 11.2. The van der Waals surface area contributed by atoms with Gasteiger partial charge in [0.1, 0.15) is 0 Å². The van der Waals surface area contributed by atoms with Crippen molar-refractivity contribution < 1.29 is 13.2 Å². The van der Waals surface area contributed by atoms with E-state index in [2.05, 4.69) is 149 Å². The molecule has 0 radical (unpaired) electrons. The van der Waals surface area contributed by atoms with Gasteiger partial charge in [0.15, 0.2) is 0 Å². The minimum absolute atomic E-state index is 0.102. The van der Waals surface area contributed by atoms with Crippen LogP contribution >= 0.6 is 11.3 Å². The van der Waals surface area contributed by atoms with E-state index in [1.165, 1.54) is 66.4 Å². The van der Waals surface area contributed by atoms with Crippen LogP contribution in [0.25, 0.3) is 22.3 Å². The second kappa shape index (κ2) is 10.9. The minimum atomic E-state index is -4.42. The number of anilines is 6. The number of rotatable bonds is 2. The van der Waals surface area contributed by atoms with E-state index < -0.39 is 17.2 Å². The maximum absolute atomic E-state index is 13.8. The summed E-state index contributed by atoms with van der Waals surface area (Å²) in [6, 6.07) is 57.8. The molecular formula is C48H28BF3N2S.